The van der Waals surface area contributed by atoms with Gasteiger partial charge in [0.05, 0.1) is 24.3 Å². The molecule has 0 spiro atoms. The minimum atomic E-state index is -0.541. The molecular formula is C18H20Cl2FN2O3+. The van der Waals surface area contributed by atoms with E-state index in [0.717, 1.165) is 0 Å². The first-order valence-electron chi connectivity index (χ1n) is 7.85. The van der Waals surface area contributed by atoms with Crippen molar-refractivity contribution >= 4 is 34.8 Å². The van der Waals surface area contributed by atoms with E-state index in [1.807, 2.05) is 6.92 Å². The zero-order valence-electron chi connectivity index (χ0n) is 14.6. The summed E-state index contributed by atoms with van der Waals surface area (Å²) in [6, 6.07) is 7.53. The molecule has 1 atom stereocenters. The van der Waals surface area contributed by atoms with Crippen LogP contribution in [0.2, 0.25) is 10.0 Å². The number of rotatable bonds is 7. The second-order valence-corrected chi connectivity index (χ2v) is 6.45. The topological polar surface area (TPSA) is 64.2 Å². The van der Waals surface area contributed by atoms with Crippen LogP contribution in [0.5, 0.6) is 11.5 Å². The zero-order valence-corrected chi connectivity index (χ0v) is 16.1. The van der Waals surface area contributed by atoms with Gasteiger partial charge >= 0.3 is 0 Å². The summed E-state index contributed by atoms with van der Waals surface area (Å²) in [5, 5.41) is 4.86. The van der Waals surface area contributed by atoms with E-state index in [-0.39, 0.29) is 23.5 Å². The van der Waals surface area contributed by atoms with Gasteiger partial charge in [0.2, 0.25) is 0 Å². The van der Waals surface area contributed by atoms with Crippen molar-refractivity contribution in [3.63, 3.8) is 0 Å². The molecule has 0 aliphatic heterocycles. The number of nitrogens with one attached hydrogen (secondary N) is 1. The molecule has 2 aromatic rings. The molecule has 8 heteroatoms. The van der Waals surface area contributed by atoms with Crippen LogP contribution in [0.3, 0.4) is 0 Å². The number of carbonyl (C=O) groups is 1. The van der Waals surface area contributed by atoms with Gasteiger partial charge in [0.1, 0.15) is 11.9 Å². The van der Waals surface area contributed by atoms with Crippen molar-refractivity contribution in [2.75, 3.05) is 26.1 Å². The van der Waals surface area contributed by atoms with E-state index in [4.69, 9.17) is 32.7 Å². The van der Waals surface area contributed by atoms with E-state index in [0.29, 0.717) is 27.8 Å². The van der Waals surface area contributed by atoms with E-state index in [9.17, 15) is 9.18 Å². The standard InChI is InChI=1S/C18H19Cl2FN2O3/c1-10(12-7-15(21)14(20)8-13(12)19)22-9-18(24)23-11-4-5-16(25-2)17(6-11)26-3/h4-8,10,22H,9H2,1-3H3,(H,23,24)/p+1/t10-/m1/s1. The van der Waals surface area contributed by atoms with Gasteiger partial charge in [-0.3, -0.25) is 4.79 Å². The number of benzene rings is 2. The van der Waals surface area contributed by atoms with Crippen LogP contribution in [0.4, 0.5) is 10.1 Å². The first-order valence-corrected chi connectivity index (χ1v) is 8.61. The molecule has 0 fully saturated rings. The lowest BCUT2D eigenvalue weighted by Gasteiger charge is -2.14. The Kier molecular flexibility index (Phi) is 7.08. The molecule has 0 saturated heterocycles. The number of carbonyl (C=O) groups excluding carboxylic acids is 1. The van der Waals surface area contributed by atoms with Gasteiger partial charge in [-0.05, 0) is 31.2 Å². The van der Waals surface area contributed by atoms with E-state index in [1.165, 1.54) is 26.4 Å². The number of quaternary nitrogens is 1. The highest BCUT2D eigenvalue weighted by Gasteiger charge is 2.17. The van der Waals surface area contributed by atoms with Gasteiger partial charge in [0, 0.05) is 17.3 Å². The summed E-state index contributed by atoms with van der Waals surface area (Å²) in [5.74, 6) is 0.340. The van der Waals surface area contributed by atoms with Crippen molar-refractivity contribution in [3.8, 4) is 11.5 Å². The number of hydrogen-bond donors (Lipinski definition) is 2. The highest BCUT2D eigenvalue weighted by atomic mass is 35.5. The number of ether oxygens (including phenoxy) is 2. The lowest BCUT2D eigenvalue weighted by molar-refractivity contribution is -0.682. The summed E-state index contributed by atoms with van der Waals surface area (Å²) in [7, 11) is 3.06. The predicted octanol–water partition coefficient (Wildman–Crippen LogP) is 3.41. The van der Waals surface area contributed by atoms with Gasteiger partial charge in [-0.1, -0.05) is 23.2 Å². The molecule has 0 bridgehead atoms. The van der Waals surface area contributed by atoms with E-state index >= 15 is 0 Å². The normalized spacial score (nSPS) is 11.8. The molecule has 2 rings (SSSR count). The smallest absolute Gasteiger partial charge is 0.279 e. The summed E-state index contributed by atoms with van der Waals surface area (Å²) in [4.78, 5) is 12.2. The number of anilines is 1. The summed E-state index contributed by atoms with van der Waals surface area (Å²) in [6.07, 6.45) is 0. The lowest BCUT2D eigenvalue weighted by Crippen LogP contribution is -2.86. The van der Waals surface area contributed by atoms with Crippen LogP contribution in [-0.4, -0.2) is 26.7 Å². The number of amides is 1. The first-order chi connectivity index (χ1) is 12.3. The van der Waals surface area contributed by atoms with Crippen LogP contribution >= 0.6 is 23.2 Å². The molecule has 1 amide bonds. The lowest BCUT2D eigenvalue weighted by atomic mass is 10.1. The fraction of sp³-hybridized carbons (Fsp3) is 0.278. The molecule has 0 unspecified atom stereocenters. The minimum absolute atomic E-state index is 0.0304. The fourth-order valence-corrected chi connectivity index (χ4v) is 2.98. The van der Waals surface area contributed by atoms with Crippen LogP contribution in [0.15, 0.2) is 30.3 Å². The third-order valence-electron chi connectivity index (χ3n) is 3.85. The minimum Gasteiger partial charge on any atom is -0.493 e. The van der Waals surface area contributed by atoms with Gasteiger partial charge in [-0.15, -0.1) is 0 Å². The van der Waals surface area contributed by atoms with Crippen LogP contribution < -0.4 is 20.1 Å². The molecule has 2 aromatic carbocycles. The molecule has 140 valence electrons. The Morgan fingerprint density at radius 1 is 1.15 bits per heavy atom. The molecule has 26 heavy (non-hydrogen) atoms. The van der Waals surface area contributed by atoms with Crippen molar-refractivity contribution in [1.29, 1.82) is 0 Å². The highest BCUT2D eigenvalue weighted by molar-refractivity contribution is 6.35. The van der Waals surface area contributed by atoms with E-state index < -0.39 is 5.82 Å². The Morgan fingerprint density at radius 3 is 2.50 bits per heavy atom. The first kappa shape index (κ1) is 20.3. The maximum absolute atomic E-state index is 13.6. The highest BCUT2D eigenvalue weighted by Crippen LogP contribution is 2.30. The van der Waals surface area contributed by atoms with Gasteiger partial charge in [-0.25, -0.2) is 4.39 Å². The van der Waals surface area contributed by atoms with Gasteiger partial charge in [0.25, 0.3) is 5.91 Å². The quantitative estimate of drug-likeness (QED) is 0.698. The average molecular weight is 402 g/mol. The molecular weight excluding hydrogens is 382 g/mol. The van der Waals surface area contributed by atoms with E-state index in [1.54, 1.807) is 23.5 Å². The van der Waals surface area contributed by atoms with Crippen molar-refractivity contribution in [2.45, 2.75) is 13.0 Å². The SMILES string of the molecule is COc1ccc(NC(=O)C[NH2+][C@H](C)c2cc(F)c(Cl)cc2Cl)cc1OC. The number of hydrogen-bond acceptors (Lipinski definition) is 3. The molecule has 0 radical (unpaired) electrons. The maximum Gasteiger partial charge on any atom is 0.279 e. The fourth-order valence-electron chi connectivity index (χ4n) is 2.42. The predicted molar refractivity (Wildman–Crippen MR) is 99.8 cm³/mol. The van der Waals surface area contributed by atoms with Crippen LogP contribution in [0, 0.1) is 5.82 Å². The van der Waals surface area contributed by atoms with E-state index in [2.05, 4.69) is 5.32 Å². The number of methoxy groups -OCH3 is 2. The summed E-state index contributed by atoms with van der Waals surface area (Å²) < 4.78 is 24.0. The number of nitrogens with two attached hydrogens (primary N) is 1. The number of halogens is 3. The van der Waals surface area contributed by atoms with Crippen LogP contribution in [-0.2, 0) is 4.79 Å². The summed E-state index contributed by atoms with van der Waals surface area (Å²) >= 11 is 11.8. The third-order valence-corrected chi connectivity index (χ3v) is 4.47. The molecule has 0 aliphatic rings. The maximum atomic E-state index is 13.6. The van der Waals surface area contributed by atoms with Crippen molar-refractivity contribution in [2.24, 2.45) is 0 Å². The molecule has 0 saturated carbocycles. The Balaban J connectivity index is 1.97. The Labute approximate surface area is 161 Å². The Morgan fingerprint density at radius 2 is 1.85 bits per heavy atom. The summed E-state index contributed by atoms with van der Waals surface area (Å²) in [5.41, 5.74) is 1.16. The van der Waals surface area contributed by atoms with Crippen LogP contribution in [0.1, 0.15) is 18.5 Å². The molecule has 0 aliphatic carbocycles. The Hall–Kier alpha value is -2.02. The third kappa shape index (κ3) is 5.00. The zero-order chi connectivity index (χ0) is 19.3. The molecule has 3 N–H and O–H groups in total. The molecule has 0 heterocycles. The molecule has 5 nitrogen and oxygen atoms in total. The Bertz CT molecular complexity index is 802. The van der Waals surface area contributed by atoms with Crippen molar-refractivity contribution in [1.82, 2.24) is 0 Å². The van der Waals surface area contributed by atoms with Gasteiger partial charge in [-0.2, -0.15) is 0 Å². The summed E-state index contributed by atoms with van der Waals surface area (Å²) in [6.45, 7) is 1.97. The van der Waals surface area contributed by atoms with Gasteiger partial charge in [0.15, 0.2) is 18.0 Å². The van der Waals surface area contributed by atoms with Crippen LogP contribution in [0.25, 0.3) is 0 Å². The van der Waals surface area contributed by atoms with Gasteiger partial charge < -0.3 is 20.1 Å². The van der Waals surface area contributed by atoms with Crippen molar-refractivity contribution in [3.05, 3.63) is 51.8 Å². The second kappa shape index (κ2) is 9.07. The second-order valence-electron chi connectivity index (χ2n) is 5.63. The largest absolute Gasteiger partial charge is 0.493 e. The molecule has 0 aromatic heterocycles. The monoisotopic (exact) mass is 401 g/mol. The average Bonchev–Trinajstić information content (AvgIpc) is 2.62. The van der Waals surface area contributed by atoms with Crippen molar-refractivity contribution < 1.29 is 24.0 Å².